The zero-order valence-corrected chi connectivity index (χ0v) is 26.2. The number of methoxy groups -OCH3 is 1. The van der Waals surface area contributed by atoms with Gasteiger partial charge in [-0.15, -0.1) is 0 Å². The van der Waals surface area contributed by atoms with Gasteiger partial charge in [-0.2, -0.15) is 4.98 Å². The number of ether oxygens (including phenoxy) is 2. The molecule has 0 radical (unpaired) electrons. The van der Waals surface area contributed by atoms with Crippen molar-refractivity contribution < 1.29 is 14.6 Å². The van der Waals surface area contributed by atoms with Crippen LogP contribution in [0.5, 0.6) is 5.75 Å². The summed E-state index contributed by atoms with van der Waals surface area (Å²) in [6, 6.07) is 16.3. The van der Waals surface area contributed by atoms with Gasteiger partial charge in [-0.25, -0.2) is 4.98 Å². The van der Waals surface area contributed by atoms with E-state index in [1.807, 2.05) is 0 Å². The maximum atomic E-state index is 7.00. The zero-order valence-electron chi connectivity index (χ0n) is 26.2. The van der Waals surface area contributed by atoms with Crippen molar-refractivity contribution in [2.45, 2.75) is 70.5 Å². The van der Waals surface area contributed by atoms with Crippen LogP contribution in [-0.4, -0.2) is 65.7 Å². The minimum Gasteiger partial charge on any atom is -0.496 e. The molecule has 9 nitrogen and oxygen atoms in total. The summed E-state index contributed by atoms with van der Waals surface area (Å²) in [7, 11) is 2.75. The summed E-state index contributed by atoms with van der Waals surface area (Å²) >= 11 is 0. The molecule has 0 amide bonds. The summed E-state index contributed by atoms with van der Waals surface area (Å²) in [5.74, 6) is 1.96. The first-order chi connectivity index (χ1) is 21.6. The predicted molar refractivity (Wildman–Crippen MR) is 178 cm³/mol. The fourth-order valence-corrected chi connectivity index (χ4v) is 7.20. The molecule has 1 unspecified atom stereocenters. The number of nitrogen functional groups attached to an aromatic ring is 1. The van der Waals surface area contributed by atoms with Crippen LogP contribution in [0, 0.1) is 5.41 Å². The van der Waals surface area contributed by atoms with Gasteiger partial charge in [0, 0.05) is 42.1 Å². The highest BCUT2D eigenvalue weighted by Gasteiger charge is 2.49. The maximum absolute atomic E-state index is 7.00. The quantitative estimate of drug-likeness (QED) is 0.171. The molecule has 1 saturated carbocycles. The molecule has 1 atom stereocenters. The first-order valence-electron chi connectivity index (χ1n) is 16.0. The molecule has 1 saturated heterocycles. The van der Waals surface area contributed by atoms with Crippen LogP contribution in [0.4, 0.5) is 11.8 Å². The molecule has 234 valence electrons. The molecule has 2 aromatic heterocycles. The Hall–Kier alpha value is -3.66. The van der Waals surface area contributed by atoms with E-state index < -0.39 is 0 Å². The SMILES string of the molecule is CCCCNc1nc(N)nc2c3ccccc3n(Cc3cc(C4=CCC(NC5CC6(COC6)C5)CC4)ccc3OC)c12.CO. The molecule has 2 fully saturated rings. The fourth-order valence-electron chi connectivity index (χ4n) is 7.20. The third-order valence-corrected chi connectivity index (χ3v) is 9.48. The van der Waals surface area contributed by atoms with Crippen LogP contribution in [-0.2, 0) is 11.3 Å². The lowest BCUT2D eigenvalue weighted by Crippen LogP contribution is -2.60. The number of allylic oxidation sites excluding steroid dienone is 1. The monoisotopic (exact) mass is 598 g/mol. The van der Waals surface area contributed by atoms with E-state index in [4.69, 9.17) is 25.3 Å². The Kier molecular flexibility index (Phi) is 9.07. The van der Waals surface area contributed by atoms with Gasteiger partial charge < -0.3 is 35.5 Å². The smallest absolute Gasteiger partial charge is 0.222 e. The molecule has 2 aliphatic carbocycles. The van der Waals surface area contributed by atoms with Gasteiger partial charge in [0.25, 0.3) is 0 Å². The molecule has 0 bridgehead atoms. The number of aromatic nitrogens is 3. The summed E-state index contributed by atoms with van der Waals surface area (Å²) < 4.78 is 13.6. The summed E-state index contributed by atoms with van der Waals surface area (Å²) in [5, 5.41) is 15.5. The summed E-state index contributed by atoms with van der Waals surface area (Å²) in [6.45, 7) is 5.59. The van der Waals surface area contributed by atoms with Crippen LogP contribution in [0.25, 0.3) is 27.5 Å². The second-order valence-corrected chi connectivity index (χ2v) is 12.5. The Morgan fingerprint density at radius 1 is 1.11 bits per heavy atom. The molecule has 1 aliphatic heterocycles. The van der Waals surface area contributed by atoms with E-state index in [0.29, 0.717) is 24.0 Å². The zero-order chi connectivity index (χ0) is 30.7. The third-order valence-electron chi connectivity index (χ3n) is 9.48. The molecule has 1 spiro atoms. The van der Waals surface area contributed by atoms with Gasteiger partial charge >= 0.3 is 0 Å². The molecule has 9 heteroatoms. The van der Waals surface area contributed by atoms with Crippen molar-refractivity contribution in [3.05, 3.63) is 59.7 Å². The summed E-state index contributed by atoms with van der Waals surface area (Å²) in [6.07, 6.45) is 10.5. The van der Waals surface area contributed by atoms with E-state index in [2.05, 4.69) is 75.6 Å². The molecule has 3 aliphatic rings. The highest BCUT2D eigenvalue weighted by Crippen LogP contribution is 2.47. The molecule has 7 rings (SSSR count). The minimum atomic E-state index is 0.287. The number of nitrogens with zero attached hydrogens (tertiary/aromatic N) is 3. The Labute approximate surface area is 259 Å². The number of hydrogen-bond donors (Lipinski definition) is 4. The van der Waals surface area contributed by atoms with Crippen LogP contribution in [0.1, 0.15) is 63.0 Å². The normalized spacial score (nSPS) is 19.2. The predicted octanol–water partition coefficient (Wildman–Crippen LogP) is 5.75. The van der Waals surface area contributed by atoms with Crippen molar-refractivity contribution in [1.29, 1.82) is 0 Å². The van der Waals surface area contributed by atoms with Crippen molar-refractivity contribution in [3.63, 3.8) is 0 Å². The number of hydrogen-bond acceptors (Lipinski definition) is 8. The molecule has 2 aromatic carbocycles. The lowest BCUT2D eigenvalue weighted by molar-refractivity contribution is -0.168. The first-order valence-corrected chi connectivity index (χ1v) is 16.0. The van der Waals surface area contributed by atoms with Gasteiger partial charge in [0.1, 0.15) is 16.8 Å². The van der Waals surface area contributed by atoms with E-state index in [1.54, 1.807) is 7.11 Å². The Bertz CT molecular complexity index is 1630. The van der Waals surface area contributed by atoms with Crippen LogP contribution in [0.2, 0.25) is 0 Å². The fraction of sp³-hybridized carbons (Fsp3) is 0.486. The van der Waals surface area contributed by atoms with Crippen molar-refractivity contribution in [2.24, 2.45) is 5.41 Å². The number of para-hydroxylation sites is 1. The van der Waals surface area contributed by atoms with Gasteiger partial charge in [-0.1, -0.05) is 43.7 Å². The van der Waals surface area contributed by atoms with Gasteiger partial charge in [0.2, 0.25) is 5.95 Å². The van der Waals surface area contributed by atoms with E-state index in [1.165, 1.54) is 30.4 Å². The minimum absolute atomic E-state index is 0.287. The van der Waals surface area contributed by atoms with Crippen molar-refractivity contribution >= 4 is 39.3 Å². The highest BCUT2D eigenvalue weighted by molar-refractivity contribution is 6.09. The van der Waals surface area contributed by atoms with Gasteiger partial charge in [-0.3, -0.25) is 0 Å². The number of benzene rings is 2. The Morgan fingerprint density at radius 3 is 2.64 bits per heavy atom. The number of anilines is 2. The van der Waals surface area contributed by atoms with Gasteiger partial charge in [0.05, 0.1) is 32.4 Å². The number of rotatable bonds is 10. The number of aliphatic hydroxyl groups excluding tert-OH is 1. The summed E-state index contributed by atoms with van der Waals surface area (Å²) in [5.41, 5.74) is 13.5. The van der Waals surface area contributed by atoms with E-state index in [-0.39, 0.29) is 5.95 Å². The van der Waals surface area contributed by atoms with Crippen molar-refractivity contribution in [3.8, 4) is 5.75 Å². The van der Waals surface area contributed by atoms with E-state index in [9.17, 15) is 0 Å². The van der Waals surface area contributed by atoms with E-state index in [0.717, 1.165) is 91.6 Å². The topological polar surface area (TPSA) is 119 Å². The molecule has 5 N–H and O–H groups in total. The second-order valence-electron chi connectivity index (χ2n) is 12.5. The average Bonchev–Trinajstić information content (AvgIpc) is 3.32. The van der Waals surface area contributed by atoms with Crippen LogP contribution in [0.15, 0.2) is 48.5 Å². The lowest BCUT2D eigenvalue weighted by Gasteiger charge is -2.54. The molecule has 3 heterocycles. The molecule has 44 heavy (non-hydrogen) atoms. The highest BCUT2D eigenvalue weighted by atomic mass is 16.5. The lowest BCUT2D eigenvalue weighted by atomic mass is 9.64. The Balaban J connectivity index is 0.00000168. The van der Waals surface area contributed by atoms with Crippen LogP contribution < -0.4 is 21.1 Å². The van der Waals surface area contributed by atoms with Crippen molar-refractivity contribution in [1.82, 2.24) is 19.9 Å². The average molecular weight is 599 g/mol. The number of nitrogens with two attached hydrogens (primary N) is 1. The largest absolute Gasteiger partial charge is 0.496 e. The summed E-state index contributed by atoms with van der Waals surface area (Å²) in [4.78, 5) is 9.34. The number of nitrogens with one attached hydrogen (secondary N) is 2. The Morgan fingerprint density at radius 2 is 1.93 bits per heavy atom. The number of aliphatic hydroxyl groups is 1. The van der Waals surface area contributed by atoms with E-state index >= 15 is 0 Å². The first kappa shape index (κ1) is 30.4. The molecule has 4 aromatic rings. The van der Waals surface area contributed by atoms with Crippen LogP contribution in [0.3, 0.4) is 0 Å². The molecular weight excluding hydrogens is 552 g/mol. The standard InChI is InChI=1S/C34H42N6O2.CH4O/c1-3-4-15-36-32-31-30(38-33(35)39-32)27-7-5-6-8-28(27)40(31)19-24-16-23(11-14-29(24)41-2)22-9-12-25(13-10-22)37-26-17-34(18-26)20-42-21-34;1-2/h5-9,11,14,16,25-26,37H,3-4,10,12-13,15,17-21H2,1-2H3,(H3,35,36,38,39);2H,1H3. The van der Waals surface area contributed by atoms with Gasteiger partial charge in [-0.05, 0) is 67.9 Å². The second kappa shape index (κ2) is 13.1. The molecular formula is C35H46N6O3. The van der Waals surface area contributed by atoms with Gasteiger partial charge in [0.15, 0.2) is 5.82 Å². The number of fused-ring (bicyclic) bond motifs is 3. The van der Waals surface area contributed by atoms with Crippen molar-refractivity contribution in [2.75, 3.05) is 45.0 Å². The number of unbranched alkanes of at least 4 members (excludes halogenated alkanes) is 1. The third kappa shape index (κ3) is 5.88. The maximum Gasteiger partial charge on any atom is 0.222 e. The van der Waals surface area contributed by atoms with Crippen LogP contribution >= 0.6 is 0 Å².